The highest BCUT2D eigenvalue weighted by Gasteiger charge is 2.13. The molecule has 0 amide bonds. The van der Waals surface area contributed by atoms with E-state index < -0.39 is 0 Å². The fraction of sp³-hybridized carbons (Fsp3) is 0.143. The lowest BCUT2D eigenvalue weighted by Crippen LogP contribution is -1.97. The molecule has 0 fully saturated rings. The van der Waals surface area contributed by atoms with Crippen LogP contribution in [-0.4, -0.2) is 26.3 Å². The molecule has 0 spiro atoms. The van der Waals surface area contributed by atoms with Crippen LogP contribution in [0.2, 0.25) is 0 Å². The predicted molar refractivity (Wildman–Crippen MR) is 138 cm³/mol. The lowest BCUT2D eigenvalue weighted by Gasteiger charge is -2.11. The molecular weight excluding hydrogens is 460 g/mol. The molecule has 0 radical (unpaired) electrons. The van der Waals surface area contributed by atoms with Crippen molar-refractivity contribution in [3.8, 4) is 40.3 Å². The molecule has 0 unspecified atom stereocenters. The summed E-state index contributed by atoms with van der Waals surface area (Å²) in [5.41, 5.74) is 3.98. The van der Waals surface area contributed by atoms with Crippen LogP contribution >= 0.6 is 11.3 Å². The minimum absolute atomic E-state index is 0.438. The summed E-state index contributed by atoms with van der Waals surface area (Å²) in [5.74, 6) is 2.50. The molecule has 176 valence electrons. The molecule has 7 heteroatoms. The quantitative estimate of drug-likeness (QED) is 0.253. The number of rotatable bonds is 9. The number of nitriles is 1. The van der Waals surface area contributed by atoms with E-state index in [9.17, 15) is 5.26 Å². The van der Waals surface area contributed by atoms with Crippen molar-refractivity contribution >= 4 is 23.0 Å². The maximum atomic E-state index is 9.82. The second kappa shape index (κ2) is 11.2. The number of allylic oxidation sites excluding steroid dienone is 1. The topological polar surface area (TPSA) is 73.6 Å². The van der Waals surface area contributed by atoms with Gasteiger partial charge in [-0.05, 0) is 47.5 Å². The Kier molecular flexibility index (Phi) is 7.66. The Balaban J connectivity index is 1.56. The summed E-state index contributed by atoms with van der Waals surface area (Å²) in [7, 11) is 4.79. The van der Waals surface area contributed by atoms with Gasteiger partial charge in [-0.1, -0.05) is 36.4 Å². The van der Waals surface area contributed by atoms with Gasteiger partial charge in [0.05, 0.1) is 32.6 Å². The maximum absolute atomic E-state index is 9.82. The van der Waals surface area contributed by atoms with Crippen LogP contribution in [0.25, 0.3) is 22.9 Å². The van der Waals surface area contributed by atoms with E-state index in [4.69, 9.17) is 18.9 Å². The van der Waals surface area contributed by atoms with Gasteiger partial charge in [-0.2, -0.15) is 5.26 Å². The number of ether oxygens (including phenoxy) is 4. The van der Waals surface area contributed by atoms with Gasteiger partial charge in [0.25, 0.3) is 0 Å². The van der Waals surface area contributed by atoms with Crippen LogP contribution in [0.4, 0.5) is 0 Å². The SMILES string of the molecule is COc1ccc(-c2csc(/C(C#N)=C/c3ccc(OCc4ccccc4)c(OC)c3)n2)cc1OC. The van der Waals surface area contributed by atoms with Crippen LogP contribution in [0.5, 0.6) is 23.0 Å². The van der Waals surface area contributed by atoms with Crippen molar-refractivity contribution in [2.24, 2.45) is 0 Å². The first kappa shape index (κ1) is 23.9. The Hall–Kier alpha value is -4.28. The summed E-state index contributed by atoms with van der Waals surface area (Å²) in [6.07, 6.45) is 1.79. The molecule has 0 atom stereocenters. The number of hydrogen-bond acceptors (Lipinski definition) is 7. The first-order chi connectivity index (χ1) is 17.1. The van der Waals surface area contributed by atoms with E-state index in [0.717, 1.165) is 22.4 Å². The lowest BCUT2D eigenvalue weighted by atomic mass is 10.1. The van der Waals surface area contributed by atoms with Crippen molar-refractivity contribution in [1.29, 1.82) is 5.26 Å². The highest BCUT2D eigenvalue weighted by atomic mass is 32.1. The fourth-order valence-electron chi connectivity index (χ4n) is 3.46. The second-order valence-corrected chi connectivity index (χ2v) is 8.32. The van der Waals surface area contributed by atoms with Crippen LogP contribution in [0.1, 0.15) is 16.1 Å². The third-order valence-electron chi connectivity index (χ3n) is 5.27. The molecule has 0 bridgehead atoms. The Morgan fingerprint density at radius 3 is 2.31 bits per heavy atom. The molecule has 0 saturated heterocycles. The van der Waals surface area contributed by atoms with Gasteiger partial charge in [0, 0.05) is 10.9 Å². The normalized spacial score (nSPS) is 11.0. The van der Waals surface area contributed by atoms with Gasteiger partial charge in [0.15, 0.2) is 23.0 Å². The molecule has 4 aromatic rings. The van der Waals surface area contributed by atoms with Crippen LogP contribution in [0.15, 0.2) is 72.1 Å². The molecule has 0 saturated carbocycles. The molecule has 35 heavy (non-hydrogen) atoms. The van der Waals surface area contributed by atoms with Crippen molar-refractivity contribution in [3.63, 3.8) is 0 Å². The Bertz CT molecular complexity index is 1370. The molecule has 0 aliphatic heterocycles. The van der Waals surface area contributed by atoms with Crippen LogP contribution in [0, 0.1) is 11.3 Å². The van der Waals surface area contributed by atoms with Gasteiger partial charge in [0.1, 0.15) is 17.7 Å². The van der Waals surface area contributed by atoms with Crippen molar-refractivity contribution in [3.05, 3.63) is 88.2 Å². The van der Waals surface area contributed by atoms with E-state index in [0.29, 0.717) is 40.2 Å². The summed E-state index contributed by atoms with van der Waals surface area (Å²) in [6.45, 7) is 0.438. The Morgan fingerprint density at radius 2 is 1.60 bits per heavy atom. The van der Waals surface area contributed by atoms with Gasteiger partial charge < -0.3 is 18.9 Å². The van der Waals surface area contributed by atoms with Crippen LogP contribution in [0.3, 0.4) is 0 Å². The summed E-state index contributed by atoms with van der Waals surface area (Å²) < 4.78 is 22.2. The van der Waals surface area contributed by atoms with Crippen LogP contribution < -0.4 is 18.9 Å². The number of methoxy groups -OCH3 is 3. The summed E-state index contributed by atoms with van der Waals surface area (Å²) >= 11 is 1.41. The minimum Gasteiger partial charge on any atom is -0.493 e. The fourth-order valence-corrected chi connectivity index (χ4v) is 4.26. The summed E-state index contributed by atoms with van der Waals surface area (Å²) in [6, 6.07) is 23.4. The van der Waals surface area contributed by atoms with Gasteiger partial charge in [-0.3, -0.25) is 0 Å². The molecule has 4 rings (SSSR count). The third kappa shape index (κ3) is 5.62. The largest absolute Gasteiger partial charge is 0.493 e. The van der Waals surface area contributed by atoms with E-state index in [1.165, 1.54) is 11.3 Å². The number of benzene rings is 3. The van der Waals surface area contributed by atoms with E-state index >= 15 is 0 Å². The highest BCUT2D eigenvalue weighted by molar-refractivity contribution is 7.11. The Morgan fingerprint density at radius 1 is 0.886 bits per heavy atom. The lowest BCUT2D eigenvalue weighted by molar-refractivity contribution is 0.284. The number of thiazole rings is 1. The number of aromatic nitrogens is 1. The van der Waals surface area contributed by atoms with E-state index in [-0.39, 0.29) is 0 Å². The molecule has 6 nitrogen and oxygen atoms in total. The van der Waals surface area contributed by atoms with E-state index in [1.807, 2.05) is 72.1 Å². The number of nitrogens with zero attached hydrogens (tertiary/aromatic N) is 2. The van der Waals surface area contributed by atoms with E-state index in [2.05, 4.69) is 11.1 Å². The van der Waals surface area contributed by atoms with Gasteiger partial charge in [-0.25, -0.2) is 4.98 Å². The summed E-state index contributed by atoms with van der Waals surface area (Å²) in [5, 5.41) is 12.4. The Labute approximate surface area is 208 Å². The average molecular weight is 485 g/mol. The van der Waals surface area contributed by atoms with Gasteiger partial charge in [-0.15, -0.1) is 11.3 Å². The molecular formula is C28H24N2O4S. The van der Waals surface area contributed by atoms with Crippen molar-refractivity contribution in [2.45, 2.75) is 6.61 Å². The number of hydrogen-bond donors (Lipinski definition) is 0. The minimum atomic E-state index is 0.438. The van der Waals surface area contributed by atoms with Crippen molar-refractivity contribution in [2.75, 3.05) is 21.3 Å². The third-order valence-corrected chi connectivity index (χ3v) is 6.15. The second-order valence-electron chi connectivity index (χ2n) is 7.46. The molecule has 3 aromatic carbocycles. The first-order valence-corrected chi connectivity index (χ1v) is 11.7. The molecule has 1 aromatic heterocycles. The van der Waals surface area contributed by atoms with Gasteiger partial charge in [0.2, 0.25) is 0 Å². The van der Waals surface area contributed by atoms with Crippen LogP contribution in [-0.2, 0) is 6.61 Å². The monoisotopic (exact) mass is 484 g/mol. The summed E-state index contributed by atoms with van der Waals surface area (Å²) in [4.78, 5) is 4.68. The first-order valence-electron chi connectivity index (χ1n) is 10.8. The zero-order valence-electron chi connectivity index (χ0n) is 19.6. The van der Waals surface area contributed by atoms with Gasteiger partial charge >= 0.3 is 0 Å². The van der Waals surface area contributed by atoms with Crippen molar-refractivity contribution in [1.82, 2.24) is 4.98 Å². The van der Waals surface area contributed by atoms with E-state index in [1.54, 1.807) is 27.4 Å². The molecule has 0 N–H and O–H groups in total. The molecule has 0 aliphatic rings. The standard InChI is InChI=1S/C28H24N2O4S/c1-31-24-12-10-21(15-27(24)33-3)23-18-35-28(30-23)22(16-29)13-20-9-11-25(26(14-20)32-2)34-17-19-7-5-4-6-8-19/h4-15,18H,17H2,1-3H3/b22-13+. The smallest absolute Gasteiger partial charge is 0.161 e. The average Bonchev–Trinajstić information content (AvgIpc) is 3.41. The molecule has 0 aliphatic carbocycles. The zero-order chi connectivity index (χ0) is 24.6. The van der Waals surface area contributed by atoms with Crippen molar-refractivity contribution < 1.29 is 18.9 Å². The highest BCUT2D eigenvalue weighted by Crippen LogP contribution is 2.35. The maximum Gasteiger partial charge on any atom is 0.161 e. The molecule has 1 heterocycles. The predicted octanol–water partition coefficient (Wildman–Crippen LogP) is 6.48. The zero-order valence-corrected chi connectivity index (χ0v) is 20.5.